The first kappa shape index (κ1) is 10.9. The fourth-order valence-corrected chi connectivity index (χ4v) is 2.23. The molecular formula is C15H14N2O. The zero-order valence-corrected chi connectivity index (χ0v) is 9.82. The zero-order valence-electron chi connectivity index (χ0n) is 9.82. The molecule has 3 aromatic rings. The summed E-state index contributed by atoms with van der Waals surface area (Å²) in [5.41, 5.74) is 0.468. The molecule has 3 rings (SSSR count). The van der Waals surface area contributed by atoms with E-state index < -0.39 is 5.72 Å². The second kappa shape index (κ2) is 4.20. The fraction of sp³-hybridized carbons (Fsp3) is 0.0667. The molecule has 0 aliphatic carbocycles. The Bertz CT molecular complexity index is 563. The number of nitrogens with zero attached hydrogens (tertiary/aromatic N) is 1. The molecule has 1 aromatic carbocycles. The van der Waals surface area contributed by atoms with Crippen LogP contribution in [0.3, 0.4) is 0 Å². The third-order valence-electron chi connectivity index (χ3n) is 3.15. The number of hydrogen-bond acceptors (Lipinski definition) is 1. The molecule has 0 fully saturated rings. The lowest BCUT2D eigenvalue weighted by molar-refractivity contribution is 0.0492. The molecule has 1 atom stereocenters. The number of aromatic amines is 1. The van der Waals surface area contributed by atoms with E-state index in [-0.39, 0.29) is 0 Å². The van der Waals surface area contributed by atoms with Crippen molar-refractivity contribution in [1.29, 1.82) is 0 Å². The average molecular weight is 238 g/mol. The SMILES string of the molecule is OC(c1ccccc1)(c1cc[nH]c1)n1cccc1. The molecule has 0 saturated heterocycles. The topological polar surface area (TPSA) is 40.9 Å². The highest BCUT2D eigenvalue weighted by molar-refractivity contribution is 5.35. The number of aromatic nitrogens is 2. The van der Waals surface area contributed by atoms with E-state index >= 15 is 0 Å². The van der Waals surface area contributed by atoms with Crippen LogP contribution in [0.4, 0.5) is 0 Å². The molecule has 0 saturated carbocycles. The molecular weight excluding hydrogens is 224 g/mol. The first-order valence-corrected chi connectivity index (χ1v) is 5.86. The van der Waals surface area contributed by atoms with Gasteiger partial charge in [0.05, 0.1) is 0 Å². The minimum Gasteiger partial charge on any atom is -0.367 e. The third-order valence-corrected chi connectivity index (χ3v) is 3.15. The van der Waals surface area contributed by atoms with E-state index in [4.69, 9.17) is 0 Å². The normalized spacial score (nSPS) is 14.3. The van der Waals surface area contributed by atoms with Crippen molar-refractivity contribution in [3.8, 4) is 0 Å². The molecule has 0 aliphatic rings. The van der Waals surface area contributed by atoms with E-state index in [9.17, 15) is 5.11 Å². The lowest BCUT2D eigenvalue weighted by Gasteiger charge is -2.30. The van der Waals surface area contributed by atoms with Crippen molar-refractivity contribution in [3.63, 3.8) is 0 Å². The maximum atomic E-state index is 11.1. The standard InChI is InChI=1S/C15H14N2O/c18-15(14-8-9-16-12-14,17-10-4-5-11-17)13-6-2-1-3-7-13/h1-12,16,18H. The lowest BCUT2D eigenvalue weighted by atomic mass is 9.96. The summed E-state index contributed by atoms with van der Waals surface area (Å²) in [6.45, 7) is 0. The number of benzene rings is 1. The summed E-state index contributed by atoms with van der Waals surface area (Å²) >= 11 is 0. The van der Waals surface area contributed by atoms with Crippen molar-refractivity contribution < 1.29 is 5.11 Å². The first-order valence-electron chi connectivity index (χ1n) is 5.86. The Morgan fingerprint density at radius 1 is 0.889 bits per heavy atom. The molecule has 18 heavy (non-hydrogen) atoms. The average Bonchev–Trinajstić information content (AvgIpc) is 3.12. The summed E-state index contributed by atoms with van der Waals surface area (Å²) in [5.74, 6) is 0. The zero-order chi connectivity index (χ0) is 12.4. The van der Waals surface area contributed by atoms with Gasteiger partial charge in [-0.1, -0.05) is 30.3 Å². The minimum absolute atomic E-state index is 0.810. The predicted octanol–water partition coefficient (Wildman–Crippen LogP) is 2.56. The first-order chi connectivity index (χ1) is 8.82. The van der Waals surface area contributed by atoms with Crippen LogP contribution in [0.1, 0.15) is 11.1 Å². The van der Waals surface area contributed by atoms with Gasteiger partial charge in [0.25, 0.3) is 0 Å². The van der Waals surface area contributed by atoms with Crippen LogP contribution < -0.4 is 0 Å². The molecule has 0 radical (unpaired) electrons. The summed E-state index contributed by atoms with van der Waals surface area (Å²) in [7, 11) is 0. The van der Waals surface area contributed by atoms with Crippen LogP contribution >= 0.6 is 0 Å². The number of aliphatic hydroxyl groups is 1. The Hall–Kier alpha value is -2.26. The van der Waals surface area contributed by atoms with Crippen LogP contribution in [0.25, 0.3) is 0 Å². The monoisotopic (exact) mass is 238 g/mol. The maximum absolute atomic E-state index is 11.1. The predicted molar refractivity (Wildman–Crippen MR) is 70.1 cm³/mol. The van der Waals surface area contributed by atoms with Gasteiger partial charge in [-0.15, -0.1) is 0 Å². The van der Waals surface area contributed by atoms with E-state index in [0.717, 1.165) is 11.1 Å². The lowest BCUT2D eigenvalue weighted by Crippen LogP contribution is -2.34. The molecule has 90 valence electrons. The third kappa shape index (κ3) is 1.57. The van der Waals surface area contributed by atoms with Gasteiger partial charge in [0.1, 0.15) is 0 Å². The second-order valence-electron chi connectivity index (χ2n) is 4.23. The Morgan fingerprint density at radius 2 is 1.61 bits per heavy atom. The number of hydrogen-bond donors (Lipinski definition) is 2. The van der Waals surface area contributed by atoms with Gasteiger partial charge in [-0.2, -0.15) is 0 Å². The van der Waals surface area contributed by atoms with Crippen LogP contribution in [0.5, 0.6) is 0 Å². The maximum Gasteiger partial charge on any atom is 0.196 e. The van der Waals surface area contributed by atoms with Gasteiger partial charge in [-0.3, -0.25) is 0 Å². The quantitative estimate of drug-likeness (QED) is 0.723. The summed E-state index contributed by atoms with van der Waals surface area (Å²) < 4.78 is 1.80. The molecule has 0 bridgehead atoms. The molecule has 1 unspecified atom stereocenters. The van der Waals surface area contributed by atoms with Crippen molar-refractivity contribution >= 4 is 0 Å². The molecule has 0 spiro atoms. The van der Waals surface area contributed by atoms with Crippen LogP contribution in [0, 0.1) is 0 Å². The molecule has 2 aromatic heterocycles. The summed E-state index contributed by atoms with van der Waals surface area (Å²) in [6, 6.07) is 15.3. The molecule has 0 aliphatic heterocycles. The summed E-state index contributed by atoms with van der Waals surface area (Å²) in [6.07, 6.45) is 7.35. The van der Waals surface area contributed by atoms with E-state index in [2.05, 4.69) is 4.98 Å². The fourth-order valence-electron chi connectivity index (χ4n) is 2.23. The largest absolute Gasteiger partial charge is 0.367 e. The van der Waals surface area contributed by atoms with Gasteiger partial charge >= 0.3 is 0 Å². The summed E-state index contributed by atoms with van der Waals surface area (Å²) in [5, 5.41) is 11.1. The van der Waals surface area contributed by atoms with Crippen LogP contribution in [0.2, 0.25) is 0 Å². The van der Waals surface area contributed by atoms with Crippen LogP contribution in [-0.4, -0.2) is 14.7 Å². The van der Waals surface area contributed by atoms with Crippen molar-refractivity contribution in [2.75, 3.05) is 0 Å². The Balaban J connectivity index is 2.22. The van der Waals surface area contributed by atoms with E-state index in [1.54, 1.807) is 4.57 Å². The van der Waals surface area contributed by atoms with E-state index in [1.165, 1.54) is 0 Å². The molecule has 2 heterocycles. The molecule has 3 heteroatoms. The van der Waals surface area contributed by atoms with E-state index in [0.29, 0.717) is 0 Å². The van der Waals surface area contributed by atoms with Crippen molar-refractivity contribution in [2.45, 2.75) is 5.72 Å². The number of nitrogens with one attached hydrogen (secondary N) is 1. The highest BCUT2D eigenvalue weighted by Gasteiger charge is 2.33. The highest BCUT2D eigenvalue weighted by Crippen LogP contribution is 2.31. The Morgan fingerprint density at radius 3 is 2.22 bits per heavy atom. The van der Waals surface area contributed by atoms with E-state index in [1.807, 2.05) is 73.3 Å². The van der Waals surface area contributed by atoms with Gasteiger partial charge in [-0.25, -0.2) is 0 Å². The molecule has 0 amide bonds. The van der Waals surface area contributed by atoms with Gasteiger partial charge < -0.3 is 14.7 Å². The van der Waals surface area contributed by atoms with Crippen LogP contribution in [0.15, 0.2) is 73.3 Å². The number of rotatable bonds is 3. The second-order valence-corrected chi connectivity index (χ2v) is 4.23. The van der Waals surface area contributed by atoms with Crippen molar-refractivity contribution in [2.24, 2.45) is 0 Å². The number of H-pyrrole nitrogens is 1. The van der Waals surface area contributed by atoms with Gasteiger partial charge in [0.15, 0.2) is 5.72 Å². The van der Waals surface area contributed by atoms with Gasteiger partial charge in [0.2, 0.25) is 0 Å². The minimum atomic E-state index is -1.18. The van der Waals surface area contributed by atoms with Crippen molar-refractivity contribution in [1.82, 2.24) is 9.55 Å². The van der Waals surface area contributed by atoms with Crippen molar-refractivity contribution in [3.05, 3.63) is 84.4 Å². The van der Waals surface area contributed by atoms with Crippen LogP contribution in [-0.2, 0) is 5.72 Å². The Kier molecular flexibility index (Phi) is 2.54. The summed E-state index contributed by atoms with van der Waals surface area (Å²) in [4.78, 5) is 2.99. The highest BCUT2D eigenvalue weighted by atomic mass is 16.3. The van der Waals surface area contributed by atoms with Gasteiger partial charge in [0, 0.05) is 35.9 Å². The van der Waals surface area contributed by atoms with Gasteiger partial charge in [-0.05, 0) is 18.2 Å². The molecule has 2 N–H and O–H groups in total. The molecule has 3 nitrogen and oxygen atoms in total. The Labute approximate surface area is 105 Å². The smallest absolute Gasteiger partial charge is 0.196 e.